The predicted molar refractivity (Wildman–Crippen MR) is 123 cm³/mol. The highest BCUT2D eigenvalue weighted by molar-refractivity contribution is 6.02. The van der Waals surface area contributed by atoms with Crippen LogP contribution in [-0.4, -0.2) is 60.7 Å². The zero-order chi connectivity index (χ0) is 23.2. The number of fused-ring (bicyclic) bond motifs is 3. The molecule has 0 radical (unpaired) electrons. The van der Waals surface area contributed by atoms with Crippen LogP contribution >= 0.6 is 0 Å². The van der Waals surface area contributed by atoms with E-state index in [0.717, 1.165) is 11.1 Å². The molecular formula is C26H23N3O5. The first-order chi connectivity index (χ1) is 16.7. The normalized spacial score (nSPS) is 22.7. The summed E-state index contributed by atoms with van der Waals surface area (Å²) in [6.45, 7) is 0.868. The number of amides is 1. The smallest absolute Gasteiger partial charge is 0.273 e. The largest absolute Gasteiger partial charge is 0.493 e. The lowest BCUT2D eigenvalue weighted by molar-refractivity contribution is 0.0498. The molecule has 0 bridgehead atoms. The molecule has 34 heavy (non-hydrogen) atoms. The molecular weight excluding hydrogens is 434 g/mol. The van der Waals surface area contributed by atoms with E-state index in [2.05, 4.69) is 10.3 Å². The molecule has 0 aliphatic carbocycles. The van der Waals surface area contributed by atoms with E-state index in [1.165, 1.54) is 0 Å². The van der Waals surface area contributed by atoms with Crippen molar-refractivity contribution in [3.63, 3.8) is 0 Å². The molecule has 1 N–H and O–H groups in total. The molecule has 3 aliphatic rings. The van der Waals surface area contributed by atoms with Crippen molar-refractivity contribution in [2.24, 2.45) is 0 Å². The fraction of sp³-hybridized carbons (Fsp3) is 0.269. The minimum absolute atomic E-state index is 0.0278. The van der Waals surface area contributed by atoms with Crippen molar-refractivity contribution >= 4 is 11.7 Å². The standard InChI is InChI=1S/C26H23N3O5/c1-32-20-10-16(11-21-25(20)34-14-33-21)22-17-8-5-9-27-23(17)26(31)29-13-18(28-12-19(22)29)24(30)15-6-3-2-4-7-15/h2-11,18-19,22,28H,12-14H2,1H3/t18-,19-,22+/m1/s1. The Morgan fingerprint density at radius 1 is 1.15 bits per heavy atom. The summed E-state index contributed by atoms with van der Waals surface area (Å²) in [5.74, 6) is 1.42. The van der Waals surface area contributed by atoms with Crippen molar-refractivity contribution in [1.82, 2.24) is 15.2 Å². The number of hydrogen-bond acceptors (Lipinski definition) is 7. The number of pyridine rings is 1. The molecule has 0 spiro atoms. The maximum Gasteiger partial charge on any atom is 0.273 e. The van der Waals surface area contributed by atoms with E-state index >= 15 is 0 Å². The topological polar surface area (TPSA) is 90.0 Å². The first kappa shape index (κ1) is 20.7. The van der Waals surface area contributed by atoms with Crippen molar-refractivity contribution < 1.29 is 23.8 Å². The van der Waals surface area contributed by atoms with Crippen molar-refractivity contribution in [1.29, 1.82) is 0 Å². The molecule has 3 aromatic rings. The Bertz CT molecular complexity index is 1280. The Morgan fingerprint density at radius 3 is 2.82 bits per heavy atom. The van der Waals surface area contributed by atoms with Crippen LogP contribution in [0.15, 0.2) is 60.8 Å². The highest BCUT2D eigenvalue weighted by atomic mass is 16.7. The van der Waals surface area contributed by atoms with Crippen LogP contribution in [0.2, 0.25) is 0 Å². The van der Waals surface area contributed by atoms with E-state index in [9.17, 15) is 9.59 Å². The van der Waals surface area contributed by atoms with Gasteiger partial charge < -0.3 is 24.4 Å². The summed E-state index contributed by atoms with van der Waals surface area (Å²) in [6.07, 6.45) is 1.63. The number of ketones is 1. The number of ether oxygens (including phenoxy) is 3. The summed E-state index contributed by atoms with van der Waals surface area (Å²) < 4.78 is 16.8. The number of nitrogens with one attached hydrogen (secondary N) is 1. The minimum Gasteiger partial charge on any atom is -0.493 e. The Kier molecular flexibility index (Phi) is 4.95. The summed E-state index contributed by atoms with van der Waals surface area (Å²) in [4.78, 5) is 32.8. The number of Topliss-reactive ketones (excluding diaryl/α,β-unsaturated/α-hetero) is 1. The van der Waals surface area contributed by atoms with Gasteiger partial charge in [-0.25, -0.2) is 0 Å². The zero-order valence-electron chi connectivity index (χ0n) is 18.6. The Labute approximate surface area is 196 Å². The fourth-order valence-electron chi connectivity index (χ4n) is 5.20. The van der Waals surface area contributed by atoms with E-state index in [-0.39, 0.29) is 37.0 Å². The lowest BCUT2D eigenvalue weighted by Crippen LogP contribution is -2.64. The summed E-state index contributed by atoms with van der Waals surface area (Å²) in [5.41, 5.74) is 2.82. The third-order valence-corrected chi connectivity index (χ3v) is 6.79. The molecule has 8 heteroatoms. The molecule has 0 saturated carbocycles. The molecule has 1 amide bonds. The zero-order valence-corrected chi connectivity index (χ0v) is 18.6. The average molecular weight is 457 g/mol. The summed E-state index contributed by atoms with van der Waals surface area (Å²) in [6, 6.07) is 16.1. The summed E-state index contributed by atoms with van der Waals surface area (Å²) >= 11 is 0. The minimum atomic E-state index is -0.486. The second-order valence-electron chi connectivity index (χ2n) is 8.59. The van der Waals surface area contributed by atoms with E-state index < -0.39 is 6.04 Å². The van der Waals surface area contributed by atoms with E-state index in [0.29, 0.717) is 35.1 Å². The van der Waals surface area contributed by atoms with Gasteiger partial charge in [-0.1, -0.05) is 36.4 Å². The third kappa shape index (κ3) is 3.21. The van der Waals surface area contributed by atoms with Crippen LogP contribution in [0.1, 0.15) is 37.9 Å². The first-order valence-corrected chi connectivity index (χ1v) is 11.2. The maximum atomic E-state index is 13.5. The third-order valence-electron chi connectivity index (χ3n) is 6.79. The van der Waals surface area contributed by atoms with Crippen LogP contribution in [-0.2, 0) is 0 Å². The van der Waals surface area contributed by atoms with Gasteiger partial charge in [0.1, 0.15) is 5.69 Å². The molecule has 6 rings (SSSR count). The number of aromatic nitrogens is 1. The van der Waals surface area contributed by atoms with Crippen molar-refractivity contribution in [2.75, 3.05) is 27.0 Å². The number of carbonyl (C=O) groups excluding carboxylic acids is 2. The lowest BCUT2D eigenvalue weighted by Gasteiger charge is -2.47. The Hall–Kier alpha value is -3.91. The van der Waals surface area contributed by atoms with Gasteiger partial charge in [0, 0.05) is 30.8 Å². The van der Waals surface area contributed by atoms with Gasteiger partial charge in [0.15, 0.2) is 17.3 Å². The fourth-order valence-corrected chi connectivity index (χ4v) is 5.20. The van der Waals surface area contributed by atoms with Gasteiger partial charge in [0.05, 0.1) is 19.2 Å². The Balaban J connectivity index is 1.40. The summed E-state index contributed by atoms with van der Waals surface area (Å²) in [5, 5.41) is 3.40. The highest BCUT2D eigenvalue weighted by Crippen LogP contribution is 2.47. The molecule has 1 aromatic heterocycles. The number of benzene rings is 2. The van der Waals surface area contributed by atoms with Gasteiger partial charge in [-0.05, 0) is 29.3 Å². The average Bonchev–Trinajstić information content (AvgIpc) is 3.37. The molecule has 2 aromatic carbocycles. The van der Waals surface area contributed by atoms with Crippen LogP contribution in [0.5, 0.6) is 17.2 Å². The number of methoxy groups -OCH3 is 1. The second kappa shape index (κ2) is 8.14. The molecule has 172 valence electrons. The Morgan fingerprint density at radius 2 is 2.00 bits per heavy atom. The molecule has 3 atom stereocenters. The molecule has 8 nitrogen and oxygen atoms in total. The quantitative estimate of drug-likeness (QED) is 0.603. The van der Waals surface area contributed by atoms with Crippen LogP contribution in [0.25, 0.3) is 0 Å². The van der Waals surface area contributed by atoms with Crippen LogP contribution in [0.4, 0.5) is 0 Å². The molecule has 3 aliphatic heterocycles. The molecule has 1 fully saturated rings. The second-order valence-corrected chi connectivity index (χ2v) is 8.59. The highest BCUT2D eigenvalue weighted by Gasteiger charge is 2.46. The van der Waals surface area contributed by atoms with Gasteiger partial charge in [0.25, 0.3) is 5.91 Å². The number of carbonyl (C=O) groups is 2. The van der Waals surface area contributed by atoms with Gasteiger partial charge in [-0.3, -0.25) is 14.6 Å². The van der Waals surface area contributed by atoms with Crippen molar-refractivity contribution in [3.8, 4) is 17.2 Å². The SMILES string of the molecule is COc1cc([C@H]2c3cccnc3C(=O)N3C[C@H](C(=O)c4ccccc4)NC[C@H]23)cc2c1OCO2. The molecule has 4 heterocycles. The number of hydrogen-bond donors (Lipinski definition) is 1. The van der Waals surface area contributed by atoms with Crippen LogP contribution in [0, 0.1) is 0 Å². The lowest BCUT2D eigenvalue weighted by atomic mass is 9.78. The predicted octanol–water partition coefficient (Wildman–Crippen LogP) is 2.63. The van der Waals surface area contributed by atoms with Crippen LogP contribution in [0.3, 0.4) is 0 Å². The van der Waals surface area contributed by atoms with Gasteiger partial charge in [-0.2, -0.15) is 0 Å². The summed E-state index contributed by atoms with van der Waals surface area (Å²) in [7, 11) is 1.59. The number of piperazine rings is 1. The number of nitrogens with zero attached hydrogens (tertiary/aromatic N) is 2. The van der Waals surface area contributed by atoms with Gasteiger partial charge in [-0.15, -0.1) is 0 Å². The van der Waals surface area contributed by atoms with E-state index in [1.807, 2.05) is 42.5 Å². The first-order valence-electron chi connectivity index (χ1n) is 11.2. The van der Waals surface area contributed by atoms with E-state index in [4.69, 9.17) is 14.2 Å². The van der Waals surface area contributed by atoms with Crippen molar-refractivity contribution in [2.45, 2.75) is 18.0 Å². The maximum absolute atomic E-state index is 13.5. The van der Waals surface area contributed by atoms with Gasteiger partial charge in [0.2, 0.25) is 12.5 Å². The number of rotatable bonds is 4. The van der Waals surface area contributed by atoms with E-state index in [1.54, 1.807) is 30.3 Å². The van der Waals surface area contributed by atoms with Gasteiger partial charge >= 0.3 is 0 Å². The monoisotopic (exact) mass is 457 g/mol. The molecule has 0 unspecified atom stereocenters. The van der Waals surface area contributed by atoms with Crippen LogP contribution < -0.4 is 19.5 Å². The van der Waals surface area contributed by atoms with Crippen molar-refractivity contribution in [3.05, 3.63) is 83.2 Å². The molecule has 1 saturated heterocycles.